The van der Waals surface area contributed by atoms with Gasteiger partial charge in [-0.1, -0.05) is 6.92 Å². The summed E-state index contributed by atoms with van der Waals surface area (Å²) in [6, 6.07) is 0. The van der Waals surface area contributed by atoms with Crippen LogP contribution in [0.15, 0.2) is 10.6 Å². The van der Waals surface area contributed by atoms with E-state index in [0.29, 0.717) is 0 Å². The molecule has 0 unspecified atom stereocenters. The Balaban J connectivity index is 2.20. The molecule has 1 heterocycles. The SMILES string of the molecule is CCc1cnc(CCCNC(C)(C)C)o1. The van der Waals surface area contributed by atoms with Crippen molar-refractivity contribution in [1.82, 2.24) is 10.3 Å². The van der Waals surface area contributed by atoms with Gasteiger partial charge in [0.1, 0.15) is 5.76 Å². The van der Waals surface area contributed by atoms with Crippen molar-refractivity contribution in [2.75, 3.05) is 6.54 Å². The zero-order valence-electron chi connectivity index (χ0n) is 10.3. The number of hydrogen-bond donors (Lipinski definition) is 1. The predicted octanol–water partition coefficient (Wildman–Crippen LogP) is 2.56. The third-order valence-corrected chi connectivity index (χ3v) is 2.17. The molecule has 0 aliphatic carbocycles. The van der Waals surface area contributed by atoms with Crippen LogP contribution >= 0.6 is 0 Å². The highest BCUT2D eigenvalue weighted by atomic mass is 16.4. The van der Waals surface area contributed by atoms with Crippen LogP contribution in [0, 0.1) is 0 Å². The van der Waals surface area contributed by atoms with Gasteiger partial charge in [-0.3, -0.25) is 0 Å². The van der Waals surface area contributed by atoms with E-state index in [4.69, 9.17) is 4.42 Å². The summed E-state index contributed by atoms with van der Waals surface area (Å²) in [5.41, 5.74) is 0.200. The Morgan fingerprint density at radius 1 is 1.40 bits per heavy atom. The summed E-state index contributed by atoms with van der Waals surface area (Å²) in [4.78, 5) is 4.23. The summed E-state index contributed by atoms with van der Waals surface area (Å²) in [7, 11) is 0. The van der Waals surface area contributed by atoms with Gasteiger partial charge >= 0.3 is 0 Å². The number of nitrogens with zero attached hydrogens (tertiary/aromatic N) is 1. The molecule has 0 spiro atoms. The molecule has 1 aromatic rings. The summed E-state index contributed by atoms with van der Waals surface area (Å²) < 4.78 is 5.53. The van der Waals surface area contributed by atoms with Crippen molar-refractivity contribution in [2.24, 2.45) is 0 Å². The van der Waals surface area contributed by atoms with Crippen molar-refractivity contribution in [3.8, 4) is 0 Å². The van der Waals surface area contributed by atoms with E-state index in [9.17, 15) is 0 Å². The molecule has 0 radical (unpaired) electrons. The molecule has 0 saturated carbocycles. The van der Waals surface area contributed by atoms with Gasteiger partial charge in [-0.15, -0.1) is 0 Å². The van der Waals surface area contributed by atoms with Crippen molar-refractivity contribution >= 4 is 0 Å². The first-order valence-electron chi connectivity index (χ1n) is 5.70. The van der Waals surface area contributed by atoms with Crippen molar-refractivity contribution < 1.29 is 4.42 Å². The van der Waals surface area contributed by atoms with Gasteiger partial charge in [0.15, 0.2) is 5.89 Å². The molecule has 15 heavy (non-hydrogen) atoms. The molecule has 1 rings (SSSR count). The van der Waals surface area contributed by atoms with Crippen LogP contribution in [0.4, 0.5) is 0 Å². The predicted molar refractivity (Wildman–Crippen MR) is 62.0 cm³/mol. The first-order chi connectivity index (χ1) is 7.01. The number of nitrogens with one attached hydrogen (secondary N) is 1. The minimum Gasteiger partial charge on any atom is -0.446 e. The average Bonchev–Trinajstić information content (AvgIpc) is 2.59. The third-order valence-electron chi connectivity index (χ3n) is 2.17. The lowest BCUT2D eigenvalue weighted by molar-refractivity contribution is 0.406. The number of aryl methyl sites for hydroxylation is 2. The Hall–Kier alpha value is -0.830. The van der Waals surface area contributed by atoms with Gasteiger partial charge in [0.2, 0.25) is 0 Å². The number of rotatable bonds is 5. The van der Waals surface area contributed by atoms with Gasteiger partial charge in [-0.05, 0) is 33.7 Å². The van der Waals surface area contributed by atoms with E-state index < -0.39 is 0 Å². The summed E-state index contributed by atoms with van der Waals surface area (Å²) in [5.74, 6) is 1.84. The van der Waals surface area contributed by atoms with Gasteiger partial charge < -0.3 is 9.73 Å². The van der Waals surface area contributed by atoms with Gasteiger partial charge in [0, 0.05) is 18.4 Å². The van der Waals surface area contributed by atoms with Gasteiger partial charge in [-0.2, -0.15) is 0 Å². The molecule has 0 aliphatic rings. The van der Waals surface area contributed by atoms with Crippen LogP contribution in [0.25, 0.3) is 0 Å². The number of oxazole rings is 1. The molecular weight excluding hydrogens is 188 g/mol. The first-order valence-corrected chi connectivity index (χ1v) is 5.70. The Kier molecular flexibility index (Phi) is 4.33. The minimum absolute atomic E-state index is 0.200. The van der Waals surface area contributed by atoms with Crippen molar-refractivity contribution in [2.45, 2.75) is 52.5 Å². The summed E-state index contributed by atoms with van der Waals surface area (Å²) in [5, 5.41) is 3.44. The molecule has 0 saturated heterocycles. The molecule has 1 aromatic heterocycles. The van der Waals surface area contributed by atoms with Gasteiger partial charge in [0.05, 0.1) is 6.20 Å². The molecule has 0 aliphatic heterocycles. The Morgan fingerprint density at radius 2 is 2.13 bits per heavy atom. The Morgan fingerprint density at radius 3 is 2.67 bits per heavy atom. The monoisotopic (exact) mass is 210 g/mol. The average molecular weight is 210 g/mol. The Bertz CT molecular complexity index is 286. The molecule has 86 valence electrons. The van der Waals surface area contributed by atoms with E-state index in [1.54, 1.807) is 0 Å². The molecule has 0 fully saturated rings. The maximum absolute atomic E-state index is 5.53. The fourth-order valence-corrected chi connectivity index (χ4v) is 1.33. The summed E-state index contributed by atoms with van der Waals surface area (Å²) >= 11 is 0. The smallest absolute Gasteiger partial charge is 0.194 e. The van der Waals surface area contributed by atoms with E-state index in [1.807, 2.05) is 6.20 Å². The van der Waals surface area contributed by atoms with Gasteiger partial charge in [-0.25, -0.2) is 4.98 Å². The highest BCUT2D eigenvalue weighted by Gasteiger charge is 2.08. The lowest BCUT2D eigenvalue weighted by Gasteiger charge is -2.19. The zero-order chi connectivity index (χ0) is 11.3. The largest absolute Gasteiger partial charge is 0.446 e. The normalized spacial score (nSPS) is 12.0. The fourth-order valence-electron chi connectivity index (χ4n) is 1.33. The molecule has 3 nitrogen and oxygen atoms in total. The van der Waals surface area contributed by atoms with Crippen LogP contribution in [-0.4, -0.2) is 17.1 Å². The van der Waals surface area contributed by atoms with Gasteiger partial charge in [0.25, 0.3) is 0 Å². The topological polar surface area (TPSA) is 38.1 Å². The van der Waals surface area contributed by atoms with E-state index >= 15 is 0 Å². The van der Waals surface area contributed by atoms with Crippen molar-refractivity contribution in [1.29, 1.82) is 0 Å². The second-order valence-corrected chi connectivity index (χ2v) is 4.85. The standard InChI is InChI=1S/C12H22N2O/c1-5-10-9-13-11(15-10)7-6-8-14-12(2,3)4/h9,14H,5-8H2,1-4H3. The minimum atomic E-state index is 0.200. The lowest BCUT2D eigenvalue weighted by Crippen LogP contribution is -2.36. The van der Waals surface area contributed by atoms with Crippen LogP contribution in [0.1, 0.15) is 45.8 Å². The van der Waals surface area contributed by atoms with Crippen LogP contribution in [0.3, 0.4) is 0 Å². The van der Waals surface area contributed by atoms with Crippen molar-refractivity contribution in [3.63, 3.8) is 0 Å². The lowest BCUT2D eigenvalue weighted by atomic mass is 10.1. The summed E-state index contributed by atoms with van der Waals surface area (Å²) in [6.07, 6.45) is 4.74. The van der Waals surface area contributed by atoms with Crippen LogP contribution in [0.5, 0.6) is 0 Å². The molecule has 0 amide bonds. The third kappa shape index (κ3) is 4.98. The van der Waals surface area contributed by atoms with Crippen LogP contribution < -0.4 is 5.32 Å². The van der Waals surface area contributed by atoms with E-state index in [0.717, 1.165) is 37.5 Å². The second kappa shape index (κ2) is 5.31. The number of aromatic nitrogens is 1. The highest BCUT2D eigenvalue weighted by molar-refractivity contribution is 4.93. The van der Waals surface area contributed by atoms with Crippen molar-refractivity contribution in [3.05, 3.63) is 17.8 Å². The maximum atomic E-state index is 5.53. The molecule has 0 atom stereocenters. The molecule has 3 heteroatoms. The van der Waals surface area contributed by atoms with E-state index in [2.05, 4.69) is 38.0 Å². The Labute approximate surface area is 92.3 Å². The molecule has 0 aromatic carbocycles. The fraction of sp³-hybridized carbons (Fsp3) is 0.750. The van der Waals surface area contributed by atoms with Crippen LogP contribution in [0.2, 0.25) is 0 Å². The maximum Gasteiger partial charge on any atom is 0.194 e. The number of hydrogen-bond acceptors (Lipinski definition) is 3. The highest BCUT2D eigenvalue weighted by Crippen LogP contribution is 2.06. The van der Waals surface area contributed by atoms with Crippen LogP contribution in [-0.2, 0) is 12.8 Å². The molecule has 1 N–H and O–H groups in total. The summed E-state index contributed by atoms with van der Waals surface area (Å²) in [6.45, 7) is 9.60. The second-order valence-electron chi connectivity index (χ2n) is 4.85. The van der Waals surface area contributed by atoms with E-state index in [-0.39, 0.29) is 5.54 Å². The zero-order valence-corrected chi connectivity index (χ0v) is 10.3. The molecule has 0 bridgehead atoms. The van der Waals surface area contributed by atoms with E-state index in [1.165, 1.54) is 0 Å². The quantitative estimate of drug-likeness (QED) is 0.759. The molecular formula is C12H22N2O. The first kappa shape index (κ1) is 12.2.